The van der Waals surface area contributed by atoms with Gasteiger partial charge in [0.1, 0.15) is 12.1 Å². The molecule has 0 radical (unpaired) electrons. The topological polar surface area (TPSA) is 34.1 Å². The van der Waals surface area contributed by atoms with Gasteiger partial charge in [-0.05, 0) is 6.42 Å². The molecule has 1 unspecified atom stereocenters. The summed E-state index contributed by atoms with van der Waals surface area (Å²) in [5, 5.41) is 0. The maximum absolute atomic E-state index is 11.0. The second-order valence-electron chi connectivity index (χ2n) is 2.65. The summed E-state index contributed by atoms with van der Waals surface area (Å²) in [5.74, 6) is 0.504. The first-order valence-electron chi connectivity index (χ1n) is 3.73. The average molecular weight is 177 g/mol. The fourth-order valence-corrected chi connectivity index (χ4v) is 0.907. The molecule has 0 fully saturated rings. The molecule has 1 atom stereocenters. The molecular formula is C8H13ClO2. The predicted octanol–water partition coefficient (Wildman–Crippen LogP) is 1.80. The molecule has 0 aromatic carbocycles. The highest BCUT2D eigenvalue weighted by Crippen LogP contribution is 2.03. The number of carbonyl (C=O) groups is 2. The molecule has 0 aliphatic heterocycles. The molecule has 0 N–H and O–H groups in total. The summed E-state index contributed by atoms with van der Waals surface area (Å²) in [7, 11) is 0. The lowest BCUT2D eigenvalue weighted by atomic mass is 10.0. The van der Waals surface area contributed by atoms with E-state index in [4.69, 9.17) is 11.6 Å². The van der Waals surface area contributed by atoms with Crippen LogP contribution in [0.1, 0.15) is 26.2 Å². The molecule has 0 aliphatic rings. The minimum atomic E-state index is -0.141. The standard InChI is InChI=1S/C8H13ClO2/c1-7(6-10)5-8(11)3-2-4-9/h6-7H,2-5H2,1H3. The Balaban J connectivity index is 3.43. The van der Waals surface area contributed by atoms with Gasteiger partial charge >= 0.3 is 0 Å². The van der Waals surface area contributed by atoms with Crippen molar-refractivity contribution in [1.29, 1.82) is 0 Å². The van der Waals surface area contributed by atoms with Crippen LogP contribution in [-0.4, -0.2) is 17.9 Å². The molecule has 0 aromatic heterocycles. The monoisotopic (exact) mass is 176 g/mol. The minimum Gasteiger partial charge on any atom is -0.303 e. The van der Waals surface area contributed by atoms with Gasteiger partial charge in [-0.3, -0.25) is 4.79 Å². The second kappa shape index (κ2) is 6.35. The molecule has 0 bridgehead atoms. The molecule has 0 amide bonds. The maximum Gasteiger partial charge on any atom is 0.133 e. The van der Waals surface area contributed by atoms with Crippen LogP contribution in [0, 0.1) is 5.92 Å². The molecule has 0 saturated carbocycles. The van der Waals surface area contributed by atoms with Crippen molar-refractivity contribution in [2.24, 2.45) is 5.92 Å². The fraction of sp³-hybridized carbons (Fsp3) is 0.750. The van der Waals surface area contributed by atoms with Crippen molar-refractivity contribution in [2.75, 3.05) is 5.88 Å². The lowest BCUT2D eigenvalue weighted by molar-refractivity contribution is -0.122. The number of aldehydes is 1. The molecule has 64 valence electrons. The van der Waals surface area contributed by atoms with Gasteiger partial charge in [0.25, 0.3) is 0 Å². The second-order valence-corrected chi connectivity index (χ2v) is 3.03. The van der Waals surface area contributed by atoms with Gasteiger partial charge in [0.2, 0.25) is 0 Å². The van der Waals surface area contributed by atoms with Gasteiger partial charge in [-0.25, -0.2) is 0 Å². The SMILES string of the molecule is CC(C=O)CC(=O)CCCCl. The number of alkyl halides is 1. The molecule has 0 aliphatic carbocycles. The van der Waals surface area contributed by atoms with Crippen LogP contribution in [-0.2, 0) is 9.59 Å². The zero-order chi connectivity index (χ0) is 8.69. The van der Waals surface area contributed by atoms with Crippen LogP contribution in [0.5, 0.6) is 0 Å². The van der Waals surface area contributed by atoms with E-state index in [2.05, 4.69) is 0 Å². The zero-order valence-corrected chi connectivity index (χ0v) is 7.43. The lowest BCUT2D eigenvalue weighted by Crippen LogP contribution is -2.06. The number of ketones is 1. The van der Waals surface area contributed by atoms with Crippen molar-refractivity contribution in [3.8, 4) is 0 Å². The number of hydrogen-bond acceptors (Lipinski definition) is 2. The number of halogens is 1. The highest BCUT2D eigenvalue weighted by atomic mass is 35.5. The van der Waals surface area contributed by atoms with Crippen LogP contribution < -0.4 is 0 Å². The van der Waals surface area contributed by atoms with Crippen molar-refractivity contribution in [3.63, 3.8) is 0 Å². The quantitative estimate of drug-likeness (QED) is 0.457. The van der Waals surface area contributed by atoms with E-state index in [9.17, 15) is 9.59 Å². The van der Waals surface area contributed by atoms with Gasteiger partial charge in [-0.2, -0.15) is 0 Å². The Hall–Kier alpha value is -0.370. The Kier molecular flexibility index (Phi) is 6.13. The van der Waals surface area contributed by atoms with E-state index >= 15 is 0 Å². The first-order chi connectivity index (χ1) is 5.20. The Morgan fingerprint density at radius 1 is 1.64 bits per heavy atom. The summed E-state index contributed by atoms with van der Waals surface area (Å²) < 4.78 is 0. The third kappa shape index (κ3) is 6.05. The summed E-state index contributed by atoms with van der Waals surface area (Å²) in [6.45, 7) is 1.74. The van der Waals surface area contributed by atoms with Gasteiger partial charge in [0.05, 0.1) is 0 Å². The molecule has 11 heavy (non-hydrogen) atoms. The van der Waals surface area contributed by atoms with Gasteiger partial charge in [-0.15, -0.1) is 11.6 Å². The average Bonchev–Trinajstić information content (AvgIpc) is 2.00. The van der Waals surface area contributed by atoms with Crippen molar-refractivity contribution in [2.45, 2.75) is 26.2 Å². The summed E-state index contributed by atoms with van der Waals surface area (Å²) >= 11 is 5.39. The van der Waals surface area contributed by atoms with Crippen molar-refractivity contribution in [3.05, 3.63) is 0 Å². The highest BCUT2D eigenvalue weighted by Gasteiger charge is 2.06. The van der Waals surface area contributed by atoms with E-state index in [1.54, 1.807) is 6.92 Å². The van der Waals surface area contributed by atoms with Crippen LogP contribution in [0.3, 0.4) is 0 Å². The number of hydrogen-bond donors (Lipinski definition) is 0. The van der Waals surface area contributed by atoms with Crippen LogP contribution in [0.2, 0.25) is 0 Å². The fourth-order valence-electron chi connectivity index (χ4n) is 0.773. The minimum absolute atomic E-state index is 0.130. The number of rotatable bonds is 6. The lowest BCUT2D eigenvalue weighted by Gasteiger charge is -2.00. The van der Waals surface area contributed by atoms with Crippen LogP contribution in [0.25, 0.3) is 0 Å². The highest BCUT2D eigenvalue weighted by molar-refractivity contribution is 6.17. The molecule has 0 heterocycles. The molecule has 0 spiro atoms. The van der Waals surface area contributed by atoms with E-state index in [1.807, 2.05) is 0 Å². The first-order valence-corrected chi connectivity index (χ1v) is 4.27. The molecule has 0 aromatic rings. The van der Waals surface area contributed by atoms with Gasteiger partial charge in [-0.1, -0.05) is 6.92 Å². The smallest absolute Gasteiger partial charge is 0.133 e. The van der Waals surface area contributed by atoms with E-state index in [0.29, 0.717) is 25.1 Å². The van der Waals surface area contributed by atoms with Crippen molar-refractivity contribution < 1.29 is 9.59 Å². The summed E-state index contributed by atoms with van der Waals surface area (Å²) in [6, 6.07) is 0. The van der Waals surface area contributed by atoms with Crippen LogP contribution in [0.15, 0.2) is 0 Å². The summed E-state index contributed by atoms with van der Waals surface area (Å²) in [5.41, 5.74) is 0. The van der Waals surface area contributed by atoms with E-state index in [0.717, 1.165) is 6.29 Å². The molecule has 0 saturated heterocycles. The van der Waals surface area contributed by atoms with E-state index < -0.39 is 0 Å². The molecule has 0 rings (SSSR count). The van der Waals surface area contributed by atoms with Crippen molar-refractivity contribution in [1.82, 2.24) is 0 Å². The molecule has 2 nitrogen and oxygen atoms in total. The Morgan fingerprint density at radius 3 is 2.73 bits per heavy atom. The third-order valence-electron chi connectivity index (χ3n) is 1.37. The third-order valence-corrected chi connectivity index (χ3v) is 1.64. The van der Waals surface area contributed by atoms with Gasteiger partial charge < -0.3 is 4.79 Å². The van der Waals surface area contributed by atoms with Gasteiger partial charge in [0, 0.05) is 24.6 Å². The molecule has 3 heteroatoms. The van der Waals surface area contributed by atoms with Crippen LogP contribution >= 0.6 is 11.6 Å². The van der Waals surface area contributed by atoms with Crippen molar-refractivity contribution >= 4 is 23.7 Å². The van der Waals surface area contributed by atoms with E-state index in [-0.39, 0.29) is 11.7 Å². The first kappa shape index (κ1) is 10.6. The normalized spacial score (nSPS) is 12.5. The number of Topliss-reactive ketones (excluding diaryl/α,β-unsaturated/α-hetero) is 1. The summed E-state index contributed by atoms with van der Waals surface area (Å²) in [6.07, 6.45) is 2.38. The van der Waals surface area contributed by atoms with Gasteiger partial charge in [0.15, 0.2) is 0 Å². The summed E-state index contributed by atoms with van der Waals surface area (Å²) in [4.78, 5) is 21.1. The van der Waals surface area contributed by atoms with E-state index in [1.165, 1.54) is 0 Å². The largest absolute Gasteiger partial charge is 0.303 e. The Labute approximate surface area is 71.9 Å². The zero-order valence-electron chi connectivity index (χ0n) is 6.68. The Morgan fingerprint density at radius 2 is 2.27 bits per heavy atom. The maximum atomic E-state index is 11.0. The number of carbonyl (C=O) groups excluding carboxylic acids is 2. The Bertz CT molecular complexity index is 134. The molecular weight excluding hydrogens is 164 g/mol. The van der Waals surface area contributed by atoms with Crippen LogP contribution in [0.4, 0.5) is 0 Å². The predicted molar refractivity (Wildman–Crippen MR) is 44.8 cm³/mol.